The third-order valence-corrected chi connectivity index (χ3v) is 5.44. The third kappa shape index (κ3) is 4.57. The summed E-state index contributed by atoms with van der Waals surface area (Å²) >= 11 is 10.6. The van der Waals surface area contributed by atoms with Gasteiger partial charge in [-0.3, -0.25) is 4.79 Å². The second-order valence-corrected chi connectivity index (χ2v) is 6.91. The molecule has 1 heterocycles. The molecule has 1 amide bonds. The highest BCUT2D eigenvalue weighted by Gasteiger charge is 2.16. The maximum atomic E-state index is 12.0. The fraction of sp³-hybridized carbons (Fsp3) is 0.571. The van der Waals surface area contributed by atoms with Gasteiger partial charge in [-0.2, -0.15) is 4.37 Å². The highest BCUT2D eigenvalue weighted by molar-refractivity contribution is 9.10. The van der Waals surface area contributed by atoms with Crippen LogP contribution in [0.2, 0.25) is 0 Å². The van der Waals surface area contributed by atoms with Gasteiger partial charge in [-0.15, -0.1) is 11.6 Å². The molecule has 0 aliphatic heterocycles. The fourth-order valence-electron chi connectivity index (χ4n) is 2.32. The first-order chi connectivity index (χ1) is 9.70. The summed E-state index contributed by atoms with van der Waals surface area (Å²) in [6.07, 6.45) is 9.98. The molecule has 1 aromatic heterocycles. The summed E-state index contributed by atoms with van der Waals surface area (Å²) in [6, 6.07) is 0. The highest BCUT2D eigenvalue weighted by atomic mass is 79.9. The Morgan fingerprint density at radius 3 is 2.95 bits per heavy atom. The molecule has 0 radical (unpaired) electrons. The molecule has 3 nitrogen and oxygen atoms in total. The second-order valence-electron chi connectivity index (χ2n) is 4.90. The Morgan fingerprint density at radius 2 is 2.35 bits per heavy atom. The van der Waals surface area contributed by atoms with Crippen LogP contribution in [0.25, 0.3) is 0 Å². The van der Waals surface area contributed by atoms with Crippen molar-refractivity contribution in [3.05, 3.63) is 27.2 Å². The standard InChI is InChI=1S/C14H18BrClN2OS/c15-12-9-17-20-13(12)10-18(14(19)8-16)7-6-11-4-2-1-3-5-11/h4,9H,1-3,5-8,10H2. The molecule has 110 valence electrons. The predicted molar refractivity (Wildman–Crippen MR) is 87.1 cm³/mol. The lowest BCUT2D eigenvalue weighted by atomic mass is 9.97. The summed E-state index contributed by atoms with van der Waals surface area (Å²) in [5.41, 5.74) is 1.48. The lowest BCUT2D eigenvalue weighted by Crippen LogP contribution is -2.32. The van der Waals surface area contributed by atoms with Crippen molar-refractivity contribution in [3.8, 4) is 0 Å². The Labute approximate surface area is 137 Å². The fourth-order valence-corrected chi connectivity index (χ4v) is 3.70. The van der Waals surface area contributed by atoms with E-state index in [1.165, 1.54) is 42.8 Å². The number of halogens is 2. The monoisotopic (exact) mass is 376 g/mol. The minimum Gasteiger partial charge on any atom is -0.336 e. The van der Waals surface area contributed by atoms with Gasteiger partial charge in [-0.05, 0) is 59.6 Å². The number of amides is 1. The molecule has 1 aromatic rings. The Hall–Kier alpha value is -0.390. The van der Waals surface area contributed by atoms with E-state index in [1.807, 2.05) is 4.90 Å². The molecule has 0 saturated heterocycles. The first-order valence-electron chi connectivity index (χ1n) is 6.81. The van der Waals surface area contributed by atoms with Gasteiger partial charge in [0, 0.05) is 6.54 Å². The van der Waals surface area contributed by atoms with Crippen LogP contribution >= 0.6 is 39.1 Å². The summed E-state index contributed by atoms with van der Waals surface area (Å²) in [5, 5.41) is 0. The number of alkyl halides is 1. The average molecular weight is 378 g/mol. The molecule has 0 aromatic carbocycles. The Kier molecular flexibility index (Phi) is 6.52. The van der Waals surface area contributed by atoms with Gasteiger partial charge in [0.1, 0.15) is 5.88 Å². The van der Waals surface area contributed by atoms with Crippen LogP contribution < -0.4 is 0 Å². The van der Waals surface area contributed by atoms with Crippen molar-refractivity contribution in [3.63, 3.8) is 0 Å². The normalized spacial score (nSPS) is 15.0. The molecule has 0 saturated carbocycles. The quantitative estimate of drug-likeness (QED) is 0.545. The molecule has 1 aliphatic rings. The first-order valence-corrected chi connectivity index (χ1v) is 8.91. The largest absolute Gasteiger partial charge is 0.336 e. The minimum atomic E-state index is -0.0108. The first kappa shape index (κ1) is 16.0. The highest BCUT2D eigenvalue weighted by Crippen LogP contribution is 2.24. The molecule has 6 heteroatoms. The van der Waals surface area contributed by atoms with E-state index in [-0.39, 0.29) is 11.8 Å². The molecule has 0 spiro atoms. The smallest absolute Gasteiger partial charge is 0.237 e. The van der Waals surface area contributed by atoms with E-state index in [0.717, 1.165) is 22.3 Å². The number of allylic oxidation sites excluding steroid dienone is 1. The van der Waals surface area contributed by atoms with E-state index in [1.54, 1.807) is 6.20 Å². The molecule has 1 aliphatic carbocycles. The summed E-state index contributed by atoms with van der Waals surface area (Å²) in [6.45, 7) is 1.33. The lowest BCUT2D eigenvalue weighted by Gasteiger charge is -2.23. The van der Waals surface area contributed by atoms with Crippen molar-refractivity contribution in [1.82, 2.24) is 9.27 Å². The van der Waals surface area contributed by atoms with Crippen LogP contribution in [-0.2, 0) is 11.3 Å². The number of hydrogen-bond donors (Lipinski definition) is 0. The molecular formula is C14H18BrClN2OS. The molecule has 0 unspecified atom stereocenters. The van der Waals surface area contributed by atoms with Crippen molar-refractivity contribution >= 4 is 45.0 Å². The maximum absolute atomic E-state index is 12.0. The van der Waals surface area contributed by atoms with Gasteiger partial charge < -0.3 is 4.90 Å². The van der Waals surface area contributed by atoms with Gasteiger partial charge in [0.05, 0.1) is 22.1 Å². The van der Waals surface area contributed by atoms with Crippen molar-refractivity contribution in [2.24, 2.45) is 0 Å². The van der Waals surface area contributed by atoms with E-state index < -0.39 is 0 Å². The van der Waals surface area contributed by atoms with Gasteiger partial charge >= 0.3 is 0 Å². The van der Waals surface area contributed by atoms with E-state index >= 15 is 0 Å². The summed E-state index contributed by atoms with van der Waals surface area (Å²) < 4.78 is 5.09. The van der Waals surface area contributed by atoms with Crippen molar-refractivity contribution in [2.75, 3.05) is 12.4 Å². The zero-order valence-electron chi connectivity index (χ0n) is 11.3. The van der Waals surface area contributed by atoms with Crippen molar-refractivity contribution in [1.29, 1.82) is 0 Å². The lowest BCUT2D eigenvalue weighted by molar-refractivity contribution is -0.129. The Morgan fingerprint density at radius 1 is 1.50 bits per heavy atom. The van der Waals surface area contributed by atoms with Crippen LogP contribution in [0.4, 0.5) is 0 Å². The van der Waals surface area contributed by atoms with E-state index in [9.17, 15) is 4.79 Å². The number of carbonyl (C=O) groups is 1. The second kappa shape index (κ2) is 8.15. The van der Waals surface area contributed by atoms with Gasteiger partial charge in [-0.1, -0.05) is 11.6 Å². The molecule has 0 fully saturated rings. The van der Waals surface area contributed by atoms with Crippen LogP contribution in [0.1, 0.15) is 37.0 Å². The van der Waals surface area contributed by atoms with E-state index in [0.29, 0.717) is 6.54 Å². The van der Waals surface area contributed by atoms with Crippen LogP contribution in [0.5, 0.6) is 0 Å². The topological polar surface area (TPSA) is 33.2 Å². The number of aromatic nitrogens is 1. The van der Waals surface area contributed by atoms with E-state index in [2.05, 4.69) is 26.4 Å². The maximum Gasteiger partial charge on any atom is 0.237 e. The molecule has 0 N–H and O–H groups in total. The molecule has 20 heavy (non-hydrogen) atoms. The Balaban J connectivity index is 1.95. The SMILES string of the molecule is O=C(CCl)N(CCC1=CCCCC1)Cc1sncc1Br. The molecule has 0 atom stereocenters. The summed E-state index contributed by atoms with van der Waals surface area (Å²) in [7, 11) is 0. The molecule has 2 rings (SSSR count). The number of nitrogens with zero attached hydrogens (tertiary/aromatic N) is 2. The number of carbonyl (C=O) groups excluding carboxylic acids is 1. The number of hydrogen-bond acceptors (Lipinski definition) is 3. The summed E-state index contributed by atoms with van der Waals surface area (Å²) in [4.78, 5) is 14.9. The van der Waals surface area contributed by atoms with Crippen molar-refractivity contribution in [2.45, 2.75) is 38.6 Å². The number of rotatable bonds is 6. The molecular weight excluding hydrogens is 360 g/mol. The summed E-state index contributed by atoms with van der Waals surface area (Å²) in [5.74, 6) is 0.0264. The zero-order valence-corrected chi connectivity index (χ0v) is 14.4. The van der Waals surface area contributed by atoms with Crippen molar-refractivity contribution < 1.29 is 4.79 Å². The average Bonchev–Trinajstić information content (AvgIpc) is 2.89. The Bertz CT molecular complexity index is 489. The van der Waals surface area contributed by atoms with Crippen LogP contribution in [0.15, 0.2) is 22.3 Å². The van der Waals surface area contributed by atoms with Crippen LogP contribution in [-0.4, -0.2) is 27.6 Å². The van der Waals surface area contributed by atoms with Gasteiger partial charge in [-0.25, -0.2) is 0 Å². The minimum absolute atomic E-state index is 0.0108. The predicted octanol–water partition coefficient (Wildman–Crippen LogP) is 4.36. The third-order valence-electron chi connectivity index (χ3n) is 3.48. The van der Waals surface area contributed by atoms with Crippen LogP contribution in [0.3, 0.4) is 0 Å². The van der Waals surface area contributed by atoms with Gasteiger partial charge in [0.2, 0.25) is 5.91 Å². The zero-order chi connectivity index (χ0) is 14.4. The van der Waals surface area contributed by atoms with Gasteiger partial charge in [0.15, 0.2) is 0 Å². The van der Waals surface area contributed by atoms with Gasteiger partial charge in [0.25, 0.3) is 0 Å². The molecule has 0 bridgehead atoms. The van der Waals surface area contributed by atoms with E-state index in [4.69, 9.17) is 11.6 Å². The van der Waals surface area contributed by atoms with Crippen LogP contribution in [0, 0.1) is 0 Å².